The van der Waals surface area contributed by atoms with Crippen molar-refractivity contribution in [2.45, 2.75) is 32.4 Å². The monoisotopic (exact) mass is 390 g/mol. The maximum atomic E-state index is 10.9. The third-order valence-electron chi connectivity index (χ3n) is 3.11. The highest BCUT2D eigenvalue weighted by Crippen LogP contribution is 2.35. The van der Waals surface area contributed by atoms with Gasteiger partial charge in [-0.2, -0.15) is 5.10 Å². The summed E-state index contributed by atoms with van der Waals surface area (Å²) in [5.74, 6) is 0. The van der Waals surface area contributed by atoms with Gasteiger partial charge in [0.05, 0.1) is 16.9 Å². The molecule has 1 unspecified atom stereocenters. The quantitative estimate of drug-likeness (QED) is 0.805. The molecule has 0 aliphatic rings. The maximum absolute atomic E-state index is 10.9. The lowest BCUT2D eigenvalue weighted by Crippen LogP contribution is -2.28. The van der Waals surface area contributed by atoms with E-state index in [1.54, 1.807) is 17.8 Å². The molecular weight excluding hydrogens is 375 g/mol. The second-order valence-corrected chi connectivity index (χ2v) is 6.61. The molecule has 102 valence electrons. The van der Waals surface area contributed by atoms with Crippen molar-refractivity contribution >= 4 is 34.2 Å². The first-order chi connectivity index (χ1) is 8.84. The summed E-state index contributed by atoms with van der Waals surface area (Å²) < 4.78 is 2.89. The van der Waals surface area contributed by atoms with E-state index in [9.17, 15) is 5.11 Å². The van der Waals surface area contributed by atoms with Crippen LogP contribution in [0.2, 0.25) is 5.02 Å². The van der Waals surface area contributed by atoms with Crippen LogP contribution in [0.15, 0.2) is 30.5 Å². The van der Waals surface area contributed by atoms with Crippen LogP contribution in [0, 0.1) is 3.57 Å². The van der Waals surface area contributed by atoms with Gasteiger partial charge >= 0.3 is 0 Å². The molecule has 1 aromatic heterocycles. The third kappa shape index (κ3) is 2.80. The smallest absolute Gasteiger partial charge is 0.130 e. The zero-order valence-corrected chi connectivity index (χ0v) is 14.0. The van der Waals surface area contributed by atoms with Crippen molar-refractivity contribution in [3.63, 3.8) is 0 Å². The van der Waals surface area contributed by atoms with Crippen LogP contribution in [0.4, 0.5) is 0 Å². The van der Waals surface area contributed by atoms with Gasteiger partial charge < -0.3 is 5.11 Å². The third-order valence-corrected chi connectivity index (χ3v) is 4.10. The lowest BCUT2D eigenvalue weighted by Gasteiger charge is -2.27. The second-order valence-electron chi connectivity index (χ2n) is 4.96. The average molecular weight is 391 g/mol. The Morgan fingerprint density at radius 1 is 1.32 bits per heavy atom. The van der Waals surface area contributed by atoms with Crippen LogP contribution < -0.4 is 0 Å². The Hall–Kier alpha value is -0.590. The first-order valence-electron chi connectivity index (χ1n) is 6.06. The highest BCUT2D eigenvalue weighted by atomic mass is 127. The van der Waals surface area contributed by atoms with Crippen LogP contribution in [0.3, 0.4) is 0 Å². The van der Waals surface area contributed by atoms with Crippen LogP contribution in [0.1, 0.15) is 38.1 Å². The van der Waals surface area contributed by atoms with Gasteiger partial charge in [-0.3, -0.25) is 4.68 Å². The minimum Gasteiger partial charge on any atom is -0.379 e. The number of benzene rings is 1. The minimum atomic E-state index is -1.16. The normalized spacial score (nSPS) is 14.7. The highest BCUT2D eigenvalue weighted by Gasteiger charge is 2.32. The van der Waals surface area contributed by atoms with E-state index in [2.05, 4.69) is 27.7 Å². The van der Waals surface area contributed by atoms with Crippen molar-refractivity contribution in [2.75, 3.05) is 0 Å². The number of hydrogen-bond acceptors (Lipinski definition) is 2. The van der Waals surface area contributed by atoms with Crippen LogP contribution in [0.25, 0.3) is 0 Å². The molecule has 0 fully saturated rings. The maximum Gasteiger partial charge on any atom is 0.130 e. The lowest BCUT2D eigenvalue weighted by molar-refractivity contribution is 0.0901. The Morgan fingerprint density at radius 2 is 1.89 bits per heavy atom. The van der Waals surface area contributed by atoms with Crippen molar-refractivity contribution < 1.29 is 5.11 Å². The van der Waals surface area contributed by atoms with E-state index in [1.165, 1.54) is 0 Å². The van der Waals surface area contributed by atoms with Gasteiger partial charge in [-0.25, -0.2) is 0 Å². The highest BCUT2D eigenvalue weighted by molar-refractivity contribution is 14.1. The number of nitrogens with zero attached hydrogens (tertiary/aromatic N) is 2. The van der Waals surface area contributed by atoms with Gasteiger partial charge in [0, 0.05) is 9.61 Å². The van der Waals surface area contributed by atoms with Crippen LogP contribution in [-0.2, 0) is 5.60 Å². The van der Waals surface area contributed by atoms with Crippen molar-refractivity contribution in [3.05, 3.63) is 50.3 Å². The standard InChI is InChI=1S/C14H16ClIN2O/c1-9(2)18-13(12(15)8-17-18)14(3,19)10-4-6-11(16)7-5-10/h4-9,19H,1-3H3. The zero-order chi connectivity index (χ0) is 14.2. The first kappa shape index (κ1) is 14.8. The summed E-state index contributed by atoms with van der Waals surface area (Å²) in [5, 5.41) is 15.6. The molecule has 19 heavy (non-hydrogen) atoms. The molecular formula is C14H16ClIN2O. The van der Waals surface area contributed by atoms with E-state index in [4.69, 9.17) is 11.6 Å². The minimum absolute atomic E-state index is 0.137. The second kappa shape index (κ2) is 5.42. The van der Waals surface area contributed by atoms with Gasteiger partial charge in [0.25, 0.3) is 0 Å². The van der Waals surface area contributed by atoms with Gasteiger partial charge in [0.2, 0.25) is 0 Å². The molecule has 0 radical (unpaired) electrons. The van der Waals surface area contributed by atoms with Crippen molar-refractivity contribution in [3.8, 4) is 0 Å². The molecule has 1 heterocycles. The van der Waals surface area contributed by atoms with E-state index >= 15 is 0 Å². The van der Waals surface area contributed by atoms with E-state index in [-0.39, 0.29) is 6.04 Å². The van der Waals surface area contributed by atoms with Gasteiger partial charge in [-0.15, -0.1) is 0 Å². The van der Waals surface area contributed by atoms with Crippen LogP contribution in [0.5, 0.6) is 0 Å². The number of aliphatic hydroxyl groups is 1. The summed E-state index contributed by atoms with van der Waals surface area (Å²) in [4.78, 5) is 0. The molecule has 2 rings (SSSR count). The van der Waals surface area contributed by atoms with Crippen molar-refractivity contribution in [1.29, 1.82) is 0 Å². The summed E-state index contributed by atoms with van der Waals surface area (Å²) in [5.41, 5.74) is 0.268. The Balaban J connectivity index is 2.55. The molecule has 0 spiro atoms. The van der Waals surface area contributed by atoms with Gasteiger partial charge in [0.15, 0.2) is 0 Å². The summed E-state index contributed by atoms with van der Waals surface area (Å²) >= 11 is 8.45. The number of rotatable bonds is 3. The number of hydrogen-bond donors (Lipinski definition) is 1. The topological polar surface area (TPSA) is 38.0 Å². The largest absolute Gasteiger partial charge is 0.379 e. The lowest BCUT2D eigenvalue weighted by atomic mass is 9.92. The predicted molar refractivity (Wildman–Crippen MR) is 85.5 cm³/mol. The van der Waals surface area contributed by atoms with Gasteiger partial charge in [-0.1, -0.05) is 23.7 Å². The Labute approximate surface area is 131 Å². The molecule has 5 heteroatoms. The number of aromatic nitrogens is 2. The fraction of sp³-hybridized carbons (Fsp3) is 0.357. The van der Waals surface area contributed by atoms with E-state index in [1.807, 2.05) is 38.1 Å². The van der Waals surface area contributed by atoms with E-state index in [0.29, 0.717) is 10.7 Å². The fourth-order valence-corrected chi connectivity index (χ4v) is 2.77. The van der Waals surface area contributed by atoms with Crippen molar-refractivity contribution in [2.24, 2.45) is 0 Å². The molecule has 3 nitrogen and oxygen atoms in total. The van der Waals surface area contributed by atoms with Crippen LogP contribution >= 0.6 is 34.2 Å². The molecule has 0 amide bonds. The fourth-order valence-electron chi connectivity index (χ4n) is 2.10. The van der Waals surface area contributed by atoms with Gasteiger partial charge in [-0.05, 0) is 61.1 Å². The van der Waals surface area contributed by atoms with Crippen LogP contribution in [-0.4, -0.2) is 14.9 Å². The average Bonchev–Trinajstić information content (AvgIpc) is 2.72. The molecule has 2 aromatic rings. The molecule has 0 saturated carbocycles. The Bertz CT molecular complexity index is 576. The summed E-state index contributed by atoms with van der Waals surface area (Å²) in [7, 11) is 0. The molecule has 1 aromatic carbocycles. The Kier molecular flexibility index (Phi) is 4.23. The first-order valence-corrected chi connectivity index (χ1v) is 7.51. The predicted octanol–water partition coefficient (Wildman–Crippen LogP) is 3.98. The molecule has 0 aliphatic carbocycles. The zero-order valence-electron chi connectivity index (χ0n) is 11.1. The van der Waals surface area contributed by atoms with Gasteiger partial charge in [0.1, 0.15) is 5.60 Å². The molecule has 0 aliphatic heterocycles. The molecule has 0 bridgehead atoms. The summed E-state index contributed by atoms with van der Waals surface area (Å²) in [6.07, 6.45) is 1.58. The van der Waals surface area contributed by atoms with E-state index in [0.717, 1.165) is 9.13 Å². The molecule has 1 atom stereocenters. The molecule has 1 N–H and O–H groups in total. The Morgan fingerprint density at radius 3 is 2.42 bits per heavy atom. The van der Waals surface area contributed by atoms with Crippen molar-refractivity contribution in [1.82, 2.24) is 9.78 Å². The van der Waals surface area contributed by atoms with E-state index < -0.39 is 5.60 Å². The summed E-state index contributed by atoms with van der Waals surface area (Å²) in [6.45, 7) is 5.77. The number of halogens is 2. The molecule has 0 saturated heterocycles. The SMILES string of the molecule is CC(C)n1ncc(Cl)c1C(C)(O)c1ccc(I)cc1. The summed E-state index contributed by atoms with van der Waals surface area (Å²) in [6, 6.07) is 7.90.